The first-order valence-corrected chi connectivity index (χ1v) is 34.4. The van der Waals surface area contributed by atoms with E-state index in [1.165, 1.54) is 141 Å². The standard InChI is InChI=1S/C75H128O6/c1-4-7-10-13-16-19-22-25-28-29-30-31-32-33-34-35-36-37-38-39-40-41-42-43-44-45-48-50-53-56-59-62-65-68-74(77)80-71-72(81-75(78)69-66-63-60-57-54-51-47-27-24-21-18-15-12-9-6-3)70-79-73(76)67-64-61-58-55-52-49-46-26-23-20-17-14-11-8-5-2/h8-9,11-12,17-18,20-22,25-27,29-30,32-33,46-47,72H,4-7,10,13-16,19,23-24,28,31,34-45,48-71H2,1-3H3/b11-8-,12-9-,20-17-,21-18-,25-22-,30-29-,33-32-,46-26-,47-27-. The molecule has 0 saturated carbocycles. The van der Waals surface area contributed by atoms with Gasteiger partial charge in [0.15, 0.2) is 6.10 Å². The van der Waals surface area contributed by atoms with Crippen molar-refractivity contribution < 1.29 is 28.6 Å². The maximum Gasteiger partial charge on any atom is 0.306 e. The van der Waals surface area contributed by atoms with E-state index in [-0.39, 0.29) is 31.1 Å². The van der Waals surface area contributed by atoms with Crippen LogP contribution in [0.4, 0.5) is 0 Å². The van der Waals surface area contributed by atoms with Gasteiger partial charge in [-0.05, 0) is 122 Å². The summed E-state index contributed by atoms with van der Waals surface area (Å²) in [6.45, 7) is 6.40. The SMILES string of the molecule is CC/C=C\C/C=C\C/C=C\CCCCCCCC(=O)OCC(COC(=O)CCCCCCCCCCCCCCCCCCCC/C=C\C/C=C\C/C=C\CCCCCCC)OC(=O)CCCCCCC/C=C\C/C=C\C/C=C\CC. The molecule has 0 fully saturated rings. The Bertz CT molecular complexity index is 1620. The number of rotatable bonds is 62. The molecule has 0 N–H and O–H groups in total. The molecule has 0 heterocycles. The molecule has 0 saturated heterocycles. The molecule has 0 bridgehead atoms. The van der Waals surface area contributed by atoms with E-state index < -0.39 is 6.10 Å². The summed E-state index contributed by atoms with van der Waals surface area (Å²) in [5, 5.41) is 0. The van der Waals surface area contributed by atoms with Crippen molar-refractivity contribution >= 4 is 17.9 Å². The van der Waals surface area contributed by atoms with E-state index in [1.807, 2.05) is 0 Å². The van der Waals surface area contributed by atoms with Crippen LogP contribution in [0.25, 0.3) is 0 Å². The molecule has 81 heavy (non-hydrogen) atoms. The average Bonchev–Trinajstić information content (AvgIpc) is 3.47. The summed E-state index contributed by atoms with van der Waals surface area (Å²) in [7, 11) is 0. The largest absolute Gasteiger partial charge is 0.462 e. The van der Waals surface area contributed by atoms with Gasteiger partial charge in [0.2, 0.25) is 0 Å². The topological polar surface area (TPSA) is 78.9 Å². The van der Waals surface area contributed by atoms with Crippen LogP contribution >= 0.6 is 0 Å². The van der Waals surface area contributed by atoms with Crippen LogP contribution < -0.4 is 0 Å². The molecule has 1 atom stereocenters. The summed E-state index contributed by atoms with van der Waals surface area (Å²) < 4.78 is 16.9. The zero-order valence-corrected chi connectivity index (χ0v) is 53.3. The smallest absolute Gasteiger partial charge is 0.306 e. The summed E-state index contributed by atoms with van der Waals surface area (Å²) in [5.74, 6) is -0.915. The molecule has 0 aliphatic carbocycles. The van der Waals surface area contributed by atoms with Crippen LogP contribution in [0, 0.1) is 0 Å². The Labute approximate surface area is 501 Å². The second kappa shape index (κ2) is 68.6. The lowest BCUT2D eigenvalue weighted by Gasteiger charge is -2.18. The van der Waals surface area contributed by atoms with Gasteiger partial charge in [0.25, 0.3) is 0 Å². The summed E-state index contributed by atoms with van der Waals surface area (Å²) in [6, 6.07) is 0. The lowest BCUT2D eigenvalue weighted by molar-refractivity contribution is -0.167. The number of carbonyl (C=O) groups is 3. The van der Waals surface area contributed by atoms with Gasteiger partial charge in [-0.3, -0.25) is 14.4 Å². The van der Waals surface area contributed by atoms with Crippen LogP contribution in [0.2, 0.25) is 0 Å². The highest BCUT2D eigenvalue weighted by molar-refractivity contribution is 5.71. The quantitative estimate of drug-likeness (QED) is 0.0261. The Kier molecular flexibility index (Phi) is 65.2. The molecular weight excluding hydrogens is 997 g/mol. The van der Waals surface area contributed by atoms with Crippen LogP contribution in [0.3, 0.4) is 0 Å². The van der Waals surface area contributed by atoms with E-state index in [9.17, 15) is 14.4 Å². The minimum Gasteiger partial charge on any atom is -0.462 e. The molecule has 0 aromatic heterocycles. The van der Waals surface area contributed by atoms with Gasteiger partial charge in [-0.25, -0.2) is 0 Å². The van der Waals surface area contributed by atoms with Crippen LogP contribution in [0.15, 0.2) is 109 Å². The van der Waals surface area contributed by atoms with Crippen molar-refractivity contribution in [2.75, 3.05) is 13.2 Å². The van der Waals surface area contributed by atoms with Crippen molar-refractivity contribution in [1.29, 1.82) is 0 Å². The second-order valence-electron chi connectivity index (χ2n) is 22.7. The zero-order valence-electron chi connectivity index (χ0n) is 53.3. The Morgan fingerprint density at radius 3 is 0.753 bits per heavy atom. The first-order valence-electron chi connectivity index (χ1n) is 34.4. The molecule has 6 nitrogen and oxygen atoms in total. The van der Waals surface area contributed by atoms with Crippen molar-refractivity contribution in [3.63, 3.8) is 0 Å². The Hall–Kier alpha value is -3.93. The second-order valence-corrected chi connectivity index (χ2v) is 22.7. The highest BCUT2D eigenvalue weighted by atomic mass is 16.6. The van der Waals surface area contributed by atoms with Gasteiger partial charge >= 0.3 is 17.9 Å². The molecule has 464 valence electrons. The van der Waals surface area contributed by atoms with Gasteiger partial charge in [0.05, 0.1) is 0 Å². The molecule has 1 unspecified atom stereocenters. The zero-order chi connectivity index (χ0) is 58.5. The number of hydrogen-bond acceptors (Lipinski definition) is 6. The molecule has 0 aromatic rings. The predicted molar refractivity (Wildman–Crippen MR) is 353 cm³/mol. The number of allylic oxidation sites excluding steroid dienone is 18. The normalized spacial score (nSPS) is 12.8. The molecule has 6 heteroatoms. The summed E-state index contributed by atoms with van der Waals surface area (Å²) >= 11 is 0. The number of hydrogen-bond donors (Lipinski definition) is 0. The molecule has 0 aromatic carbocycles. The van der Waals surface area contributed by atoms with Gasteiger partial charge in [-0.15, -0.1) is 0 Å². The van der Waals surface area contributed by atoms with Gasteiger partial charge in [-0.2, -0.15) is 0 Å². The maximum absolute atomic E-state index is 12.9. The van der Waals surface area contributed by atoms with Gasteiger partial charge < -0.3 is 14.2 Å². The van der Waals surface area contributed by atoms with E-state index in [0.29, 0.717) is 19.3 Å². The third kappa shape index (κ3) is 66.8. The third-order valence-electron chi connectivity index (χ3n) is 14.7. The molecule has 0 radical (unpaired) electrons. The molecule has 0 rings (SSSR count). The van der Waals surface area contributed by atoms with Crippen molar-refractivity contribution in [1.82, 2.24) is 0 Å². The van der Waals surface area contributed by atoms with Gasteiger partial charge in [0, 0.05) is 19.3 Å². The van der Waals surface area contributed by atoms with Crippen LogP contribution in [0.1, 0.15) is 329 Å². The lowest BCUT2D eigenvalue weighted by Crippen LogP contribution is -2.30. The lowest BCUT2D eigenvalue weighted by atomic mass is 10.0. The molecule has 0 amide bonds. The molecule has 0 spiro atoms. The number of carbonyl (C=O) groups excluding carboxylic acids is 3. The predicted octanol–water partition coefficient (Wildman–Crippen LogP) is 23.8. The van der Waals surface area contributed by atoms with Gasteiger partial charge in [0.1, 0.15) is 13.2 Å². The first kappa shape index (κ1) is 77.1. The maximum atomic E-state index is 12.9. The fourth-order valence-electron chi connectivity index (χ4n) is 9.66. The minimum atomic E-state index is -0.796. The fourth-order valence-corrected chi connectivity index (χ4v) is 9.66. The van der Waals surface area contributed by atoms with E-state index in [0.717, 1.165) is 148 Å². The van der Waals surface area contributed by atoms with E-state index in [1.54, 1.807) is 0 Å². The van der Waals surface area contributed by atoms with Crippen molar-refractivity contribution in [3.05, 3.63) is 109 Å². The molecule has 0 aliphatic heterocycles. The molecular formula is C75H128O6. The number of ether oxygens (including phenoxy) is 3. The highest BCUT2D eigenvalue weighted by Crippen LogP contribution is 2.17. The molecule has 0 aliphatic rings. The van der Waals surface area contributed by atoms with Crippen LogP contribution in [-0.2, 0) is 28.6 Å². The van der Waals surface area contributed by atoms with Gasteiger partial charge in [-0.1, -0.05) is 297 Å². The van der Waals surface area contributed by atoms with Crippen LogP contribution in [0.5, 0.6) is 0 Å². The van der Waals surface area contributed by atoms with Crippen molar-refractivity contribution in [2.24, 2.45) is 0 Å². The van der Waals surface area contributed by atoms with Crippen molar-refractivity contribution in [3.8, 4) is 0 Å². The van der Waals surface area contributed by atoms with E-state index in [4.69, 9.17) is 14.2 Å². The summed E-state index contributed by atoms with van der Waals surface area (Å²) in [5.41, 5.74) is 0. The van der Waals surface area contributed by atoms with Crippen LogP contribution in [-0.4, -0.2) is 37.2 Å². The third-order valence-corrected chi connectivity index (χ3v) is 14.7. The Balaban J connectivity index is 4.19. The van der Waals surface area contributed by atoms with E-state index in [2.05, 4.69) is 130 Å². The minimum absolute atomic E-state index is 0.0896. The van der Waals surface area contributed by atoms with E-state index >= 15 is 0 Å². The monoisotopic (exact) mass is 1120 g/mol. The Morgan fingerprint density at radius 2 is 0.481 bits per heavy atom. The summed E-state index contributed by atoms with van der Waals surface area (Å²) in [4.78, 5) is 38.3. The first-order chi connectivity index (χ1) is 40.0. The number of unbranched alkanes of at least 4 members (excludes halogenated alkanes) is 33. The average molecular weight is 1130 g/mol. The van der Waals surface area contributed by atoms with Crippen molar-refractivity contribution in [2.45, 2.75) is 335 Å². The Morgan fingerprint density at radius 1 is 0.259 bits per heavy atom. The fraction of sp³-hybridized carbons (Fsp3) is 0.720. The summed E-state index contributed by atoms with van der Waals surface area (Å²) in [6.07, 6.45) is 94.1. The highest BCUT2D eigenvalue weighted by Gasteiger charge is 2.19. The number of esters is 3.